The normalized spacial score (nSPS) is 27.3. The Kier molecular flexibility index (Phi) is 5.47. The van der Waals surface area contributed by atoms with Gasteiger partial charge in [0.25, 0.3) is 0 Å². The third-order valence-corrected chi connectivity index (χ3v) is 2.82. The average molecular weight is 212 g/mol. The number of hydrogen-bond acceptors (Lipinski definition) is 3. The van der Waals surface area contributed by atoms with E-state index in [1.54, 1.807) is 0 Å². The number of morpholine rings is 1. The van der Waals surface area contributed by atoms with Crippen LogP contribution in [0, 0.1) is 0 Å². The summed E-state index contributed by atoms with van der Waals surface area (Å²) in [5, 5.41) is 3.55. The lowest BCUT2D eigenvalue weighted by Crippen LogP contribution is -2.48. The molecule has 2 unspecified atom stereocenters. The molecule has 5 nitrogen and oxygen atoms in total. The maximum atomic E-state index is 8.17. The van der Waals surface area contributed by atoms with Crippen LogP contribution in [-0.4, -0.2) is 43.3 Å². The molecule has 86 valence electrons. The molecule has 1 saturated heterocycles. The van der Waals surface area contributed by atoms with Gasteiger partial charge in [0.1, 0.15) is 0 Å². The Hall–Kier alpha value is -0.770. The Morgan fingerprint density at radius 1 is 1.60 bits per heavy atom. The molecule has 0 aliphatic carbocycles. The van der Waals surface area contributed by atoms with Gasteiger partial charge in [0, 0.05) is 24.0 Å². The molecular formula is C10H20N4O. The topological polar surface area (TPSA) is 61.2 Å². The summed E-state index contributed by atoms with van der Waals surface area (Å²) < 4.78 is 5.62. The Labute approximate surface area is 91.0 Å². The zero-order chi connectivity index (χ0) is 11.1. The molecule has 1 rings (SSSR count). The van der Waals surface area contributed by atoms with Gasteiger partial charge in [-0.05, 0) is 31.8 Å². The highest BCUT2D eigenvalue weighted by Crippen LogP contribution is 2.14. The predicted octanol–water partition coefficient (Wildman–Crippen LogP) is 2.19. The van der Waals surface area contributed by atoms with Gasteiger partial charge in [0.2, 0.25) is 0 Å². The summed E-state index contributed by atoms with van der Waals surface area (Å²) in [5.74, 6) is 0. The van der Waals surface area contributed by atoms with Gasteiger partial charge in [-0.2, -0.15) is 0 Å². The van der Waals surface area contributed by atoms with Crippen LogP contribution in [-0.2, 0) is 4.74 Å². The van der Waals surface area contributed by atoms with E-state index in [2.05, 4.69) is 28.8 Å². The molecule has 0 aromatic carbocycles. The van der Waals surface area contributed by atoms with E-state index < -0.39 is 0 Å². The monoisotopic (exact) mass is 212 g/mol. The van der Waals surface area contributed by atoms with Crippen molar-refractivity contribution in [3.63, 3.8) is 0 Å². The third-order valence-electron chi connectivity index (χ3n) is 2.82. The minimum atomic E-state index is 0.326. The predicted molar refractivity (Wildman–Crippen MR) is 59.7 cm³/mol. The molecule has 1 aliphatic rings. The molecule has 0 radical (unpaired) electrons. The zero-order valence-electron chi connectivity index (χ0n) is 9.59. The van der Waals surface area contributed by atoms with E-state index in [-0.39, 0.29) is 0 Å². The van der Waals surface area contributed by atoms with E-state index >= 15 is 0 Å². The lowest BCUT2D eigenvalue weighted by Gasteiger charge is -2.38. The zero-order valence-corrected chi connectivity index (χ0v) is 9.59. The number of ether oxygens (including phenoxy) is 1. The van der Waals surface area contributed by atoms with Gasteiger partial charge >= 0.3 is 0 Å². The molecule has 0 aromatic heterocycles. The van der Waals surface area contributed by atoms with Crippen LogP contribution in [0.5, 0.6) is 0 Å². The minimum Gasteiger partial charge on any atom is -0.376 e. The third kappa shape index (κ3) is 4.08. The molecule has 1 fully saturated rings. The van der Waals surface area contributed by atoms with Crippen molar-refractivity contribution in [2.75, 3.05) is 26.2 Å². The first-order chi connectivity index (χ1) is 7.27. The summed E-state index contributed by atoms with van der Waals surface area (Å²) in [5.41, 5.74) is 8.17. The second-order valence-electron chi connectivity index (χ2n) is 4.01. The Morgan fingerprint density at radius 2 is 2.40 bits per heavy atom. The Morgan fingerprint density at radius 3 is 3.07 bits per heavy atom. The van der Waals surface area contributed by atoms with Crippen molar-refractivity contribution in [1.29, 1.82) is 0 Å². The number of rotatable bonds is 5. The maximum Gasteiger partial charge on any atom is 0.0674 e. The van der Waals surface area contributed by atoms with Gasteiger partial charge in [-0.3, -0.25) is 4.90 Å². The van der Waals surface area contributed by atoms with Gasteiger partial charge in [0.15, 0.2) is 0 Å². The number of hydrogen-bond donors (Lipinski definition) is 0. The van der Waals surface area contributed by atoms with E-state index in [4.69, 9.17) is 10.3 Å². The number of nitrogens with zero attached hydrogens (tertiary/aromatic N) is 4. The second kappa shape index (κ2) is 6.67. The molecule has 5 heteroatoms. The molecule has 0 aromatic rings. The van der Waals surface area contributed by atoms with Crippen LogP contribution in [0.1, 0.15) is 26.7 Å². The molecule has 0 spiro atoms. The average Bonchev–Trinajstić information content (AvgIpc) is 2.25. The van der Waals surface area contributed by atoms with E-state index in [1.807, 2.05) is 0 Å². The van der Waals surface area contributed by atoms with Crippen LogP contribution >= 0.6 is 0 Å². The van der Waals surface area contributed by atoms with E-state index in [9.17, 15) is 0 Å². The highest BCUT2D eigenvalue weighted by atomic mass is 16.5. The first kappa shape index (κ1) is 12.3. The smallest absolute Gasteiger partial charge is 0.0674 e. The van der Waals surface area contributed by atoms with E-state index in [1.165, 1.54) is 0 Å². The Balaban J connectivity index is 2.31. The molecule has 0 amide bonds. The van der Waals surface area contributed by atoms with Gasteiger partial charge in [-0.15, -0.1) is 0 Å². The second-order valence-corrected chi connectivity index (χ2v) is 4.01. The standard InChI is InChI=1S/C10H20N4O/c1-3-10-8-15-9(2)7-14(10)6-4-5-12-13-11/h9-10H,3-8H2,1-2H3. The summed E-state index contributed by atoms with van der Waals surface area (Å²) in [7, 11) is 0. The molecule has 0 saturated carbocycles. The molecule has 1 aliphatic heterocycles. The number of azide groups is 1. The molecule has 15 heavy (non-hydrogen) atoms. The van der Waals surface area contributed by atoms with E-state index in [0.29, 0.717) is 18.7 Å². The highest BCUT2D eigenvalue weighted by molar-refractivity contribution is 4.77. The van der Waals surface area contributed by atoms with Gasteiger partial charge in [0.05, 0.1) is 12.7 Å². The molecular weight excluding hydrogens is 192 g/mol. The first-order valence-electron chi connectivity index (χ1n) is 5.64. The Bertz CT molecular complexity index is 227. The lowest BCUT2D eigenvalue weighted by molar-refractivity contribution is -0.0557. The quantitative estimate of drug-likeness (QED) is 0.303. The summed E-state index contributed by atoms with van der Waals surface area (Å²) >= 11 is 0. The van der Waals surface area contributed by atoms with Crippen molar-refractivity contribution in [2.24, 2.45) is 5.11 Å². The van der Waals surface area contributed by atoms with Gasteiger partial charge < -0.3 is 4.74 Å². The van der Waals surface area contributed by atoms with Crippen molar-refractivity contribution >= 4 is 0 Å². The lowest BCUT2D eigenvalue weighted by atomic mass is 10.1. The van der Waals surface area contributed by atoms with Crippen LogP contribution in [0.3, 0.4) is 0 Å². The largest absolute Gasteiger partial charge is 0.376 e. The van der Waals surface area contributed by atoms with Crippen LogP contribution < -0.4 is 0 Å². The van der Waals surface area contributed by atoms with Crippen LogP contribution in [0.4, 0.5) is 0 Å². The fourth-order valence-corrected chi connectivity index (χ4v) is 1.95. The van der Waals surface area contributed by atoms with Crippen molar-refractivity contribution < 1.29 is 4.74 Å². The summed E-state index contributed by atoms with van der Waals surface area (Å²) in [6.45, 7) is 7.72. The summed E-state index contributed by atoms with van der Waals surface area (Å²) in [6.07, 6.45) is 2.38. The van der Waals surface area contributed by atoms with Crippen LogP contribution in [0.15, 0.2) is 5.11 Å². The summed E-state index contributed by atoms with van der Waals surface area (Å²) in [6, 6.07) is 0.535. The highest BCUT2D eigenvalue weighted by Gasteiger charge is 2.24. The van der Waals surface area contributed by atoms with E-state index in [0.717, 1.165) is 32.5 Å². The molecule has 0 N–H and O–H groups in total. The van der Waals surface area contributed by atoms with Gasteiger partial charge in [-0.25, -0.2) is 0 Å². The first-order valence-corrected chi connectivity index (χ1v) is 5.64. The van der Waals surface area contributed by atoms with Crippen molar-refractivity contribution in [3.05, 3.63) is 10.4 Å². The molecule has 2 atom stereocenters. The fraction of sp³-hybridized carbons (Fsp3) is 1.00. The van der Waals surface area contributed by atoms with Crippen LogP contribution in [0.2, 0.25) is 0 Å². The van der Waals surface area contributed by atoms with Crippen LogP contribution in [0.25, 0.3) is 10.4 Å². The minimum absolute atomic E-state index is 0.326. The summed E-state index contributed by atoms with van der Waals surface area (Å²) in [4.78, 5) is 5.20. The van der Waals surface area contributed by atoms with Gasteiger partial charge in [-0.1, -0.05) is 12.0 Å². The maximum absolute atomic E-state index is 8.17. The van der Waals surface area contributed by atoms with Crippen molar-refractivity contribution in [1.82, 2.24) is 4.90 Å². The fourth-order valence-electron chi connectivity index (χ4n) is 1.95. The van der Waals surface area contributed by atoms with Crippen molar-refractivity contribution in [3.8, 4) is 0 Å². The SMILES string of the molecule is CCC1COC(C)CN1CCCN=[N+]=[N-]. The molecule has 0 bridgehead atoms. The van der Waals surface area contributed by atoms with Crippen molar-refractivity contribution in [2.45, 2.75) is 38.8 Å². The molecule has 1 heterocycles.